The largest absolute Gasteiger partial charge is 0.491 e. The molecule has 0 saturated carbocycles. The third-order valence-electron chi connectivity index (χ3n) is 2.90. The van der Waals surface area contributed by atoms with Gasteiger partial charge in [-0.25, -0.2) is 9.18 Å². The van der Waals surface area contributed by atoms with E-state index in [0.29, 0.717) is 17.3 Å². The quantitative estimate of drug-likeness (QED) is 0.839. The molecule has 2 N–H and O–H groups in total. The average molecular weight is 337 g/mol. The number of nitrogens with one attached hydrogen (secondary N) is 2. The first kappa shape index (κ1) is 17.1. The van der Waals surface area contributed by atoms with E-state index in [4.69, 9.17) is 16.3 Å². The first-order valence-corrected chi connectivity index (χ1v) is 7.57. The molecule has 0 spiro atoms. The first-order chi connectivity index (χ1) is 10.9. The molecule has 122 valence electrons. The van der Waals surface area contributed by atoms with Gasteiger partial charge < -0.3 is 15.4 Å². The van der Waals surface area contributed by atoms with E-state index < -0.39 is 11.8 Å². The zero-order chi connectivity index (χ0) is 16.8. The molecule has 0 aliphatic carbocycles. The zero-order valence-corrected chi connectivity index (χ0v) is 13.7. The highest BCUT2D eigenvalue weighted by molar-refractivity contribution is 6.30. The average Bonchev–Trinajstić information content (AvgIpc) is 2.47. The number of rotatable bonds is 5. The Morgan fingerprint density at radius 3 is 2.70 bits per heavy atom. The van der Waals surface area contributed by atoms with Crippen molar-refractivity contribution in [1.82, 2.24) is 5.32 Å². The second-order valence-electron chi connectivity index (χ2n) is 5.25. The molecule has 23 heavy (non-hydrogen) atoms. The lowest BCUT2D eigenvalue weighted by atomic mass is 10.2. The lowest BCUT2D eigenvalue weighted by molar-refractivity contribution is 0.241. The Morgan fingerprint density at radius 2 is 2.04 bits per heavy atom. The molecule has 0 aliphatic rings. The van der Waals surface area contributed by atoms with Crippen LogP contribution >= 0.6 is 11.6 Å². The van der Waals surface area contributed by atoms with E-state index in [-0.39, 0.29) is 11.8 Å². The monoisotopic (exact) mass is 336 g/mol. The first-order valence-electron chi connectivity index (χ1n) is 7.19. The van der Waals surface area contributed by atoms with Gasteiger partial charge in [-0.2, -0.15) is 0 Å². The fourth-order valence-electron chi connectivity index (χ4n) is 1.94. The van der Waals surface area contributed by atoms with Crippen LogP contribution in [0.4, 0.5) is 14.9 Å². The van der Waals surface area contributed by atoms with Crippen molar-refractivity contribution in [2.75, 3.05) is 5.32 Å². The summed E-state index contributed by atoms with van der Waals surface area (Å²) in [6, 6.07) is 11.0. The number of amides is 2. The number of hydrogen-bond donors (Lipinski definition) is 2. The number of benzene rings is 2. The van der Waals surface area contributed by atoms with Gasteiger partial charge in [0.15, 0.2) is 0 Å². The van der Waals surface area contributed by atoms with Gasteiger partial charge in [0.05, 0.1) is 11.8 Å². The normalized spacial score (nSPS) is 10.5. The third kappa shape index (κ3) is 5.45. The lowest BCUT2D eigenvalue weighted by Gasteiger charge is -2.12. The maximum absolute atomic E-state index is 13.9. The number of carbonyl (C=O) groups excluding carboxylic acids is 1. The van der Waals surface area contributed by atoms with Crippen LogP contribution < -0.4 is 15.4 Å². The summed E-state index contributed by atoms with van der Waals surface area (Å²) in [5.74, 6) is -0.136. The number of hydrogen-bond acceptors (Lipinski definition) is 2. The Hall–Kier alpha value is -2.27. The Balaban J connectivity index is 1.92. The molecule has 0 fully saturated rings. The fraction of sp³-hybridized carbons (Fsp3) is 0.235. The third-order valence-corrected chi connectivity index (χ3v) is 3.14. The highest BCUT2D eigenvalue weighted by Gasteiger charge is 2.09. The van der Waals surface area contributed by atoms with Gasteiger partial charge in [-0.15, -0.1) is 0 Å². The molecule has 0 radical (unpaired) electrons. The van der Waals surface area contributed by atoms with Gasteiger partial charge in [0.25, 0.3) is 0 Å². The Morgan fingerprint density at radius 1 is 1.26 bits per heavy atom. The molecule has 0 saturated heterocycles. The number of carbonyl (C=O) groups is 1. The van der Waals surface area contributed by atoms with Gasteiger partial charge in [-0.3, -0.25) is 0 Å². The predicted octanol–water partition coefficient (Wildman–Crippen LogP) is 4.59. The molecular weight excluding hydrogens is 319 g/mol. The smallest absolute Gasteiger partial charge is 0.319 e. The standard InChI is InChI=1S/C17H18ClFN2O2/c1-11(2)23-14-6-7-16(15(19)9-14)21-17(22)20-10-12-4-3-5-13(18)8-12/h3-9,11H,10H2,1-2H3,(H2,20,21,22). The van der Waals surface area contributed by atoms with Gasteiger partial charge in [0.1, 0.15) is 11.6 Å². The summed E-state index contributed by atoms with van der Waals surface area (Å²) in [4.78, 5) is 11.8. The topological polar surface area (TPSA) is 50.4 Å². The van der Waals surface area contributed by atoms with Crippen LogP contribution in [0.2, 0.25) is 5.02 Å². The minimum Gasteiger partial charge on any atom is -0.491 e. The summed E-state index contributed by atoms with van der Waals surface area (Å²) in [5, 5.41) is 5.70. The van der Waals surface area contributed by atoms with Crippen LogP contribution in [0, 0.1) is 5.82 Å². The molecule has 2 aromatic rings. The van der Waals surface area contributed by atoms with Crippen molar-refractivity contribution in [3.05, 3.63) is 58.9 Å². The maximum atomic E-state index is 13.9. The van der Waals surface area contributed by atoms with E-state index in [1.807, 2.05) is 19.9 Å². The Bertz CT molecular complexity index is 692. The molecule has 2 rings (SSSR count). The molecule has 0 heterocycles. The van der Waals surface area contributed by atoms with Crippen molar-refractivity contribution in [2.24, 2.45) is 0 Å². The number of anilines is 1. The SMILES string of the molecule is CC(C)Oc1ccc(NC(=O)NCc2cccc(Cl)c2)c(F)c1. The summed E-state index contributed by atoms with van der Waals surface area (Å²) in [7, 11) is 0. The van der Waals surface area contributed by atoms with Gasteiger partial charge in [-0.1, -0.05) is 23.7 Å². The minimum absolute atomic E-state index is 0.0470. The molecule has 6 heteroatoms. The highest BCUT2D eigenvalue weighted by Crippen LogP contribution is 2.21. The van der Waals surface area contributed by atoms with Crippen LogP contribution in [0.15, 0.2) is 42.5 Å². The van der Waals surface area contributed by atoms with Crippen LogP contribution in [0.3, 0.4) is 0 Å². The number of urea groups is 1. The molecule has 0 atom stereocenters. The van der Waals surface area contributed by atoms with Gasteiger partial charge in [0, 0.05) is 17.6 Å². The van der Waals surface area contributed by atoms with Crippen LogP contribution in [0.5, 0.6) is 5.75 Å². The van der Waals surface area contributed by atoms with Crippen LogP contribution in [0.25, 0.3) is 0 Å². The number of ether oxygens (including phenoxy) is 1. The molecule has 2 amide bonds. The van der Waals surface area contributed by atoms with E-state index in [2.05, 4.69) is 10.6 Å². The maximum Gasteiger partial charge on any atom is 0.319 e. The van der Waals surface area contributed by atoms with Crippen LogP contribution in [-0.2, 0) is 6.54 Å². The molecule has 0 unspecified atom stereocenters. The van der Waals surface area contributed by atoms with Crippen molar-refractivity contribution in [3.63, 3.8) is 0 Å². The van der Waals surface area contributed by atoms with Gasteiger partial charge in [-0.05, 0) is 43.7 Å². The van der Waals surface area contributed by atoms with Crippen molar-refractivity contribution < 1.29 is 13.9 Å². The van der Waals surface area contributed by atoms with E-state index in [0.717, 1.165) is 5.56 Å². The second kappa shape index (κ2) is 7.83. The van der Waals surface area contributed by atoms with Gasteiger partial charge in [0.2, 0.25) is 0 Å². The van der Waals surface area contributed by atoms with Crippen LogP contribution in [0.1, 0.15) is 19.4 Å². The highest BCUT2D eigenvalue weighted by atomic mass is 35.5. The zero-order valence-electron chi connectivity index (χ0n) is 12.9. The fourth-order valence-corrected chi connectivity index (χ4v) is 2.15. The second-order valence-corrected chi connectivity index (χ2v) is 5.68. The van der Waals surface area contributed by atoms with Crippen molar-refractivity contribution in [2.45, 2.75) is 26.5 Å². The molecular formula is C17H18ClFN2O2. The van der Waals surface area contributed by atoms with E-state index >= 15 is 0 Å². The lowest BCUT2D eigenvalue weighted by Crippen LogP contribution is -2.28. The molecule has 4 nitrogen and oxygen atoms in total. The minimum atomic E-state index is -0.555. The van der Waals surface area contributed by atoms with Crippen molar-refractivity contribution >= 4 is 23.3 Å². The summed E-state index contributed by atoms with van der Waals surface area (Å²) < 4.78 is 19.3. The molecule has 0 aromatic heterocycles. The summed E-state index contributed by atoms with van der Waals surface area (Å²) in [6.45, 7) is 4.00. The van der Waals surface area contributed by atoms with E-state index in [1.54, 1.807) is 24.3 Å². The van der Waals surface area contributed by atoms with E-state index in [9.17, 15) is 9.18 Å². The summed E-state index contributed by atoms with van der Waals surface area (Å²) >= 11 is 5.87. The Labute approximate surface area is 139 Å². The molecule has 0 aliphatic heterocycles. The summed E-state index contributed by atoms with van der Waals surface area (Å²) in [5.41, 5.74) is 0.943. The van der Waals surface area contributed by atoms with Gasteiger partial charge >= 0.3 is 6.03 Å². The van der Waals surface area contributed by atoms with Crippen molar-refractivity contribution in [1.29, 1.82) is 0 Å². The molecule has 0 bridgehead atoms. The van der Waals surface area contributed by atoms with Crippen LogP contribution in [-0.4, -0.2) is 12.1 Å². The summed E-state index contributed by atoms with van der Waals surface area (Å²) in [6.07, 6.45) is -0.0470. The van der Waals surface area contributed by atoms with E-state index in [1.165, 1.54) is 12.1 Å². The Kier molecular flexibility index (Phi) is 5.82. The van der Waals surface area contributed by atoms with Crippen molar-refractivity contribution in [3.8, 4) is 5.75 Å². The predicted molar refractivity (Wildman–Crippen MR) is 89.5 cm³/mol. The molecule has 2 aromatic carbocycles. The number of halogens is 2.